The summed E-state index contributed by atoms with van der Waals surface area (Å²) in [6.45, 7) is -0.706. The van der Waals surface area contributed by atoms with Crippen molar-refractivity contribution in [3.8, 4) is 0 Å². The van der Waals surface area contributed by atoms with Gasteiger partial charge in [-0.15, -0.1) is 0 Å². The monoisotopic (exact) mass is 412 g/mol. The van der Waals surface area contributed by atoms with E-state index in [1.54, 1.807) is 12.1 Å². The molecule has 0 saturated heterocycles. The van der Waals surface area contributed by atoms with E-state index >= 15 is 0 Å². The molecule has 2 aromatic heterocycles. The number of halogens is 4. The second kappa shape index (κ2) is 7.19. The maximum Gasteiger partial charge on any atom is 0.256 e. The van der Waals surface area contributed by atoms with Gasteiger partial charge in [-0.3, -0.25) is 10.4 Å². The summed E-state index contributed by atoms with van der Waals surface area (Å²) in [4.78, 5) is 13.6. The van der Waals surface area contributed by atoms with Crippen LogP contribution in [-0.2, 0) is 0 Å². The van der Waals surface area contributed by atoms with Crippen molar-refractivity contribution in [2.45, 2.75) is 6.43 Å². The first-order valence-electron chi connectivity index (χ1n) is 7.09. The molecule has 0 atom stereocenters. The van der Waals surface area contributed by atoms with Gasteiger partial charge >= 0.3 is 0 Å². The fraction of sp³-hybridized carbons (Fsp3) is 0.133. The molecular formula is C15H12BrF3N6. The smallest absolute Gasteiger partial charge is 0.256 e. The molecule has 3 aromatic rings. The standard InChI is InChI=1S/C15H12BrF3N6/c16-8-4-9(17)6-10(5-8)25(7-12(18)19)14-13-11(2-1-3-21-13)22-15(23-14)24-20/h1-6,12H,7,20H2,(H,22,23,24). The number of fused-ring (bicyclic) bond motifs is 1. The quantitative estimate of drug-likeness (QED) is 0.492. The fourth-order valence-electron chi connectivity index (χ4n) is 2.35. The van der Waals surface area contributed by atoms with Crippen LogP contribution in [0.15, 0.2) is 41.0 Å². The van der Waals surface area contributed by atoms with Crippen molar-refractivity contribution in [1.29, 1.82) is 0 Å². The third-order valence-electron chi connectivity index (χ3n) is 3.30. The molecule has 0 spiro atoms. The molecule has 3 N–H and O–H groups in total. The molecule has 10 heteroatoms. The Labute approximate surface area is 149 Å². The van der Waals surface area contributed by atoms with Crippen LogP contribution in [0, 0.1) is 5.82 Å². The van der Waals surface area contributed by atoms with Gasteiger partial charge in [0.05, 0.1) is 12.1 Å². The molecule has 1 aromatic carbocycles. The number of nitrogens with one attached hydrogen (secondary N) is 1. The van der Waals surface area contributed by atoms with Gasteiger partial charge in [0.1, 0.15) is 11.3 Å². The average Bonchev–Trinajstić information content (AvgIpc) is 2.57. The second-order valence-corrected chi connectivity index (χ2v) is 5.93. The minimum atomic E-state index is -2.69. The van der Waals surface area contributed by atoms with Gasteiger partial charge in [-0.2, -0.15) is 4.98 Å². The number of hydrogen-bond acceptors (Lipinski definition) is 6. The van der Waals surface area contributed by atoms with Crippen molar-refractivity contribution >= 4 is 44.4 Å². The molecule has 0 radical (unpaired) electrons. The fourth-order valence-corrected chi connectivity index (χ4v) is 2.80. The first kappa shape index (κ1) is 17.4. The van der Waals surface area contributed by atoms with Crippen molar-refractivity contribution in [3.63, 3.8) is 0 Å². The normalized spacial score (nSPS) is 11.1. The van der Waals surface area contributed by atoms with Crippen LogP contribution >= 0.6 is 15.9 Å². The first-order valence-corrected chi connectivity index (χ1v) is 7.88. The van der Waals surface area contributed by atoms with E-state index in [1.165, 1.54) is 23.2 Å². The number of nitrogens with zero attached hydrogens (tertiary/aromatic N) is 4. The highest BCUT2D eigenvalue weighted by atomic mass is 79.9. The third-order valence-corrected chi connectivity index (χ3v) is 3.76. The zero-order valence-corrected chi connectivity index (χ0v) is 14.2. The molecule has 3 rings (SSSR count). The molecule has 0 unspecified atom stereocenters. The zero-order chi connectivity index (χ0) is 18.0. The van der Waals surface area contributed by atoms with Crippen LogP contribution in [0.25, 0.3) is 11.0 Å². The van der Waals surface area contributed by atoms with Crippen molar-refractivity contribution in [2.75, 3.05) is 16.9 Å². The van der Waals surface area contributed by atoms with E-state index in [-0.39, 0.29) is 17.5 Å². The zero-order valence-electron chi connectivity index (χ0n) is 12.6. The van der Waals surface area contributed by atoms with E-state index in [1.807, 2.05) is 0 Å². The summed E-state index contributed by atoms with van der Waals surface area (Å²) in [5.74, 6) is 4.92. The summed E-state index contributed by atoms with van der Waals surface area (Å²) < 4.78 is 40.6. The summed E-state index contributed by atoms with van der Waals surface area (Å²) in [6, 6.07) is 7.18. The van der Waals surface area contributed by atoms with Crippen LogP contribution in [0.5, 0.6) is 0 Å². The van der Waals surface area contributed by atoms with E-state index in [0.29, 0.717) is 15.5 Å². The number of pyridine rings is 1. The van der Waals surface area contributed by atoms with Gasteiger partial charge in [-0.05, 0) is 30.3 Å². The van der Waals surface area contributed by atoms with E-state index in [0.717, 1.165) is 6.07 Å². The van der Waals surface area contributed by atoms with Crippen LogP contribution in [-0.4, -0.2) is 27.9 Å². The predicted octanol–water partition coefficient (Wildman–Crippen LogP) is 3.62. The first-order chi connectivity index (χ1) is 12.0. The Morgan fingerprint density at radius 2 is 2.04 bits per heavy atom. The van der Waals surface area contributed by atoms with Gasteiger partial charge in [-0.1, -0.05) is 15.9 Å². The average molecular weight is 413 g/mol. The van der Waals surface area contributed by atoms with Crippen molar-refractivity contribution in [3.05, 3.63) is 46.8 Å². The number of rotatable bonds is 5. The number of benzene rings is 1. The predicted molar refractivity (Wildman–Crippen MR) is 92.3 cm³/mol. The topological polar surface area (TPSA) is 80.0 Å². The molecule has 0 bridgehead atoms. The minimum absolute atomic E-state index is 0.0326. The van der Waals surface area contributed by atoms with Gasteiger partial charge in [0, 0.05) is 16.4 Å². The molecular weight excluding hydrogens is 401 g/mol. The molecule has 0 aliphatic heterocycles. The maximum absolute atomic E-state index is 13.8. The van der Waals surface area contributed by atoms with E-state index in [9.17, 15) is 13.2 Å². The molecule has 25 heavy (non-hydrogen) atoms. The molecule has 2 heterocycles. The highest BCUT2D eigenvalue weighted by Gasteiger charge is 2.21. The Morgan fingerprint density at radius 1 is 1.24 bits per heavy atom. The lowest BCUT2D eigenvalue weighted by atomic mass is 10.2. The Balaban J connectivity index is 2.24. The highest BCUT2D eigenvalue weighted by molar-refractivity contribution is 9.10. The summed E-state index contributed by atoms with van der Waals surface area (Å²) >= 11 is 3.16. The van der Waals surface area contributed by atoms with Crippen LogP contribution in [0.1, 0.15) is 0 Å². The number of nitrogen functional groups attached to an aromatic ring is 1. The molecule has 0 aliphatic rings. The number of hydrazine groups is 1. The summed E-state index contributed by atoms with van der Waals surface area (Å²) in [6.07, 6.45) is -1.20. The lowest BCUT2D eigenvalue weighted by Crippen LogP contribution is -2.26. The summed E-state index contributed by atoms with van der Waals surface area (Å²) in [5, 5.41) is 0. The second-order valence-electron chi connectivity index (χ2n) is 5.02. The summed E-state index contributed by atoms with van der Waals surface area (Å²) in [7, 11) is 0. The lowest BCUT2D eigenvalue weighted by molar-refractivity contribution is 0.158. The minimum Gasteiger partial charge on any atom is -0.319 e. The Morgan fingerprint density at radius 3 is 2.72 bits per heavy atom. The number of nitrogens with two attached hydrogens (primary N) is 1. The van der Waals surface area contributed by atoms with E-state index < -0.39 is 18.8 Å². The Bertz CT molecular complexity index is 887. The Kier molecular flexibility index (Phi) is 5.00. The van der Waals surface area contributed by atoms with Crippen molar-refractivity contribution < 1.29 is 13.2 Å². The SMILES string of the molecule is NNc1nc(N(CC(F)F)c2cc(F)cc(Br)c2)c2ncccc2n1. The number of aromatic nitrogens is 3. The van der Waals surface area contributed by atoms with Crippen LogP contribution < -0.4 is 16.2 Å². The van der Waals surface area contributed by atoms with E-state index in [4.69, 9.17) is 5.84 Å². The highest BCUT2D eigenvalue weighted by Crippen LogP contribution is 2.32. The number of anilines is 3. The summed E-state index contributed by atoms with van der Waals surface area (Å²) in [5.41, 5.74) is 3.20. The molecule has 130 valence electrons. The maximum atomic E-state index is 13.8. The van der Waals surface area contributed by atoms with Gasteiger partial charge in [0.2, 0.25) is 5.95 Å². The van der Waals surface area contributed by atoms with Crippen LogP contribution in [0.3, 0.4) is 0 Å². The lowest BCUT2D eigenvalue weighted by Gasteiger charge is -2.25. The Hall–Kier alpha value is -2.46. The van der Waals surface area contributed by atoms with Crippen LogP contribution in [0.4, 0.5) is 30.6 Å². The number of alkyl halides is 2. The largest absolute Gasteiger partial charge is 0.319 e. The van der Waals surface area contributed by atoms with Crippen LogP contribution in [0.2, 0.25) is 0 Å². The molecule has 6 nitrogen and oxygen atoms in total. The van der Waals surface area contributed by atoms with Gasteiger partial charge in [-0.25, -0.2) is 24.0 Å². The van der Waals surface area contributed by atoms with Crippen molar-refractivity contribution in [2.24, 2.45) is 5.84 Å². The van der Waals surface area contributed by atoms with Gasteiger partial charge < -0.3 is 4.90 Å². The molecule has 0 aliphatic carbocycles. The molecule has 0 saturated carbocycles. The number of hydrogen-bond donors (Lipinski definition) is 2. The van der Waals surface area contributed by atoms with E-state index in [2.05, 4.69) is 36.3 Å². The van der Waals surface area contributed by atoms with Crippen molar-refractivity contribution in [1.82, 2.24) is 15.0 Å². The van der Waals surface area contributed by atoms with Gasteiger partial charge in [0.15, 0.2) is 5.82 Å². The third kappa shape index (κ3) is 3.80. The van der Waals surface area contributed by atoms with Gasteiger partial charge in [0.25, 0.3) is 6.43 Å². The molecule has 0 fully saturated rings. The molecule has 0 amide bonds.